The minimum Gasteiger partial charge on any atom is -0.374 e. The maximum Gasteiger partial charge on any atom is 0.0568 e. The van der Waals surface area contributed by atoms with Gasteiger partial charge in [0.2, 0.25) is 0 Å². The van der Waals surface area contributed by atoms with Gasteiger partial charge in [0.05, 0.1) is 6.20 Å². The van der Waals surface area contributed by atoms with E-state index in [-0.39, 0.29) is 0 Å². The van der Waals surface area contributed by atoms with Crippen LogP contribution in [0.4, 0.5) is 5.69 Å². The van der Waals surface area contributed by atoms with E-state index in [1.807, 2.05) is 17.9 Å². The number of aromatic nitrogens is 2. The van der Waals surface area contributed by atoms with Crippen molar-refractivity contribution in [2.75, 3.05) is 18.5 Å². The predicted octanol–water partition coefficient (Wildman–Crippen LogP) is 2.64. The molecule has 3 rings (SSSR count). The average molecular weight is 227 g/mol. The lowest BCUT2D eigenvalue weighted by molar-refractivity contribution is 0.768. The Morgan fingerprint density at radius 3 is 2.76 bits per heavy atom. The third kappa shape index (κ3) is 1.62. The molecule has 1 atom stereocenters. The van der Waals surface area contributed by atoms with Gasteiger partial charge < -0.3 is 4.90 Å². The normalized spacial score (nSPS) is 18.5. The topological polar surface area (TPSA) is 21.1 Å². The van der Waals surface area contributed by atoms with Gasteiger partial charge in [-0.1, -0.05) is 13.0 Å². The largest absolute Gasteiger partial charge is 0.374 e. The summed E-state index contributed by atoms with van der Waals surface area (Å²) in [6.07, 6.45) is 3.98. The van der Waals surface area contributed by atoms with E-state index in [1.54, 1.807) is 0 Å². The van der Waals surface area contributed by atoms with Crippen LogP contribution in [0.1, 0.15) is 18.4 Å². The summed E-state index contributed by atoms with van der Waals surface area (Å²) in [5, 5.41) is 4.23. The number of hydrogen-bond donors (Lipinski definition) is 0. The van der Waals surface area contributed by atoms with Gasteiger partial charge in [-0.15, -0.1) is 0 Å². The van der Waals surface area contributed by atoms with E-state index in [1.165, 1.54) is 22.4 Å². The molecule has 1 aromatic heterocycles. The molecule has 0 spiro atoms. The van der Waals surface area contributed by atoms with E-state index in [0.29, 0.717) is 5.92 Å². The van der Waals surface area contributed by atoms with E-state index in [4.69, 9.17) is 0 Å². The van der Waals surface area contributed by atoms with Gasteiger partial charge in [-0.3, -0.25) is 4.68 Å². The summed E-state index contributed by atoms with van der Waals surface area (Å²) < 4.78 is 1.85. The van der Waals surface area contributed by atoms with Crippen LogP contribution in [0.25, 0.3) is 11.1 Å². The number of nitrogens with zero attached hydrogens (tertiary/aromatic N) is 3. The molecule has 3 heteroatoms. The number of anilines is 1. The SMILES string of the molecule is C[C@H]1CN(C)c2ccc(-c3cnn(C)c3)cc21. The van der Waals surface area contributed by atoms with Crippen LogP contribution in [0.15, 0.2) is 30.6 Å². The zero-order valence-electron chi connectivity index (χ0n) is 10.5. The van der Waals surface area contributed by atoms with Crippen molar-refractivity contribution in [1.82, 2.24) is 9.78 Å². The first-order chi connectivity index (χ1) is 8.15. The van der Waals surface area contributed by atoms with Crippen molar-refractivity contribution >= 4 is 5.69 Å². The molecule has 0 amide bonds. The van der Waals surface area contributed by atoms with E-state index in [2.05, 4.69) is 48.4 Å². The zero-order chi connectivity index (χ0) is 12.0. The second-order valence-electron chi connectivity index (χ2n) is 4.96. The molecule has 2 heterocycles. The van der Waals surface area contributed by atoms with Crippen LogP contribution in [0.3, 0.4) is 0 Å². The molecule has 1 aromatic carbocycles. The van der Waals surface area contributed by atoms with Crippen molar-refractivity contribution in [3.63, 3.8) is 0 Å². The molecule has 0 fully saturated rings. The van der Waals surface area contributed by atoms with Crippen LogP contribution >= 0.6 is 0 Å². The van der Waals surface area contributed by atoms with Crippen LogP contribution in [0, 0.1) is 0 Å². The quantitative estimate of drug-likeness (QED) is 0.746. The highest BCUT2D eigenvalue weighted by atomic mass is 15.2. The third-order valence-electron chi connectivity index (χ3n) is 3.56. The van der Waals surface area contributed by atoms with Crippen molar-refractivity contribution in [2.24, 2.45) is 7.05 Å². The first-order valence-electron chi connectivity index (χ1n) is 5.99. The molecule has 3 nitrogen and oxygen atoms in total. The highest BCUT2D eigenvalue weighted by molar-refractivity contribution is 5.70. The summed E-state index contributed by atoms with van der Waals surface area (Å²) in [5.41, 5.74) is 5.27. The third-order valence-corrected chi connectivity index (χ3v) is 3.56. The molecule has 1 aliphatic rings. The van der Waals surface area contributed by atoms with E-state index in [0.717, 1.165) is 6.54 Å². The Kier molecular flexibility index (Phi) is 2.21. The molecule has 88 valence electrons. The lowest BCUT2D eigenvalue weighted by atomic mass is 9.99. The number of likely N-dealkylation sites (N-methyl/N-ethyl adjacent to an activating group) is 1. The number of aryl methyl sites for hydroxylation is 1. The number of hydrogen-bond acceptors (Lipinski definition) is 2. The number of benzene rings is 1. The molecular formula is C14H17N3. The first-order valence-corrected chi connectivity index (χ1v) is 5.99. The standard InChI is InChI=1S/C14H17N3/c1-10-8-16(2)14-5-4-11(6-13(10)14)12-7-15-17(3)9-12/h4-7,9-10H,8H2,1-3H3/t10-/m0/s1. The monoisotopic (exact) mass is 227 g/mol. The van der Waals surface area contributed by atoms with E-state index < -0.39 is 0 Å². The summed E-state index contributed by atoms with van der Waals surface area (Å²) in [7, 11) is 4.11. The van der Waals surface area contributed by atoms with Crippen molar-refractivity contribution in [3.8, 4) is 11.1 Å². The minimum absolute atomic E-state index is 0.617. The van der Waals surface area contributed by atoms with Gasteiger partial charge in [-0.05, 0) is 23.3 Å². The van der Waals surface area contributed by atoms with Crippen molar-refractivity contribution < 1.29 is 0 Å². The molecule has 1 aliphatic heterocycles. The summed E-state index contributed by atoms with van der Waals surface area (Å²) in [6, 6.07) is 6.71. The second kappa shape index (κ2) is 3.62. The minimum atomic E-state index is 0.617. The highest BCUT2D eigenvalue weighted by Crippen LogP contribution is 2.37. The Morgan fingerprint density at radius 1 is 1.24 bits per heavy atom. The van der Waals surface area contributed by atoms with Gasteiger partial charge in [0.1, 0.15) is 0 Å². The molecular weight excluding hydrogens is 210 g/mol. The van der Waals surface area contributed by atoms with E-state index >= 15 is 0 Å². The molecule has 17 heavy (non-hydrogen) atoms. The summed E-state index contributed by atoms with van der Waals surface area (Å²) in [5.74, 6) is 0.617. The summed E-state index contributed by atoms with van der Waals surface area (Å²) >= 11 is 0. The van der Waals surface area contributed by atoms with Crippen LogP contribution in [-0.4, -0.2) is 23.4 Å². The zero-order valence-corrected chi connectivity index (χ0v) is 10.5. The Hall–Kier alpha value is -1.77. The van der Waals surface area contributed by atoms with Crippen LogP contribution in [-0.2, 0) is 7.05 Å². The first kappa shape index (κ1) is 10.4. The Morgan fingerprint density at radius 2 is 2.06 bits per heavy atom. The molecule has 0 N–H and O–H groups in total. The average Bonchev–Trinajstić information content (AvgIpc) is 2.85. The predicted molar refractivity (Wildman–Crippen MR) is 70.3 cm³/mol. The summed E-state index contributed by atoms with van der Waals surface area (Å²) in [6.45, 7) is 3.40. The van der Waals surface area contributed by atoms with Gasteiger partial charge in [-0.25, -0.2) is 0 Å². The molecule has 2 aromatic rings. The Balaban J connectivity index is 2.07. The van der Waals surface area contributed by atoms with Gasteiger partial charge in [0.25, 0.3) is 0 Å². The maximum atomic E-state index is 4.23. The van der Waals surface area contributed by atoms with Gasteiger partial charge in [-0.2, -0.15) is 5.10 Å². The van der Waals surface area contributed by atoms with Gasteiger partial charge in [0.15, 0.2) is 0 Å². The molecule has 0 saturated carbocycles. The Bertz CT molecular complexity index is 556. The fraction of sp³-hybridized carbons (Fsp3) is 0.357. The fourth-order valence-corrected chi connectivity index (χ4v) is 2.65. The van der Waals surface area contributed by atoms with Crippen molar-refractivity contribution in [3.05, 3.63) is 36.2 Å². The number of fused-ring (bicyclic) bond motifs is 1. The van der Waals surface area contributed by atoms with Crippen LogP contribution < -0.4 is 4.90 Å². The maximum absolute atomic E-state index is 4.23. The van der Waals surface area contributed by atoms with Crippen LogP contribution in [0.2, 0.25) is 0 Å². The van der Waals surface area contributed by atoms with Crippen LogP contribution in [0.5, 0.6) is 0 Å². The lowest BCUT2D eigenvalue weighted by Gasteiger charge is -2.11. The molecule has 0 aliphatic carbocycles. The molecule has 0 bridgehead atoms. The van der Waals surface area contributed by atoms with E-state index in [9.17, 15) is 0 Å². The number of rotatable bonds is 1. The molecule has 0 unspecified atom stereocenters. The Labute approximate surface area is 102 Å². The lowest BCUT2D eigenvalue weighted by Crippen LogP contribution is -2.13. The van der Waals surface area contributed by atoms with Crippen molar-refractivity contribution in [2.45, 2.75) is 12.8 Å². The molecule has 0 radical (unpaired) electrons. The van der Waals surface area contributed by atoms with Gasteiger partial charge in [0, 0.05) is 44.0 Å². The van der Waals surface area contributed by atoms with Crippen molar-refractivity contribution in [1.29, 1.82) is 0 Å². The highest BCUT2D eigenvalue weighted by Gasteiger charge is 2.23. The fourth-order valence-electron chi connectivity index (χ4n) is 2.65. The molecule has 0 saturated heterocycles. The summed E-state index contributed by atoms with van der Waals surface area (Å²) in [4.78, 5) is 2.33. The van der Waals surface area contributed by atoms with Gasteiger partial charge >= 0.3 is 0 Å². The second-order valence-corrected chi connectivity index (χ2v) is 4.96. The smallest absolute Gasteiger partial charge is 0.0568 e.